The highest BCUT2D eigenvalue weighted by Crippen LogP contribution is 2.50. The lowest BCUT2D eigenvalue weighted by Crippen LogP contribution is -2.39. The van der Waals surface area contributed by atoms with Crippen molar-refractivity contribution >= 4 is 29.7 Å². The van der Waals surface area contributed by atoms with Gasteiger partial charge in [-0.15, -0.1) is 0 Å². The first kappa shape index (κ1) is 20.1. The molecule has 1 aliphatic carbocycles. The number of carbonyl (C=O) groups excluding carboxylic acids is 1. The Hall–Kier alpha value is -2.20. The molecule has 2 N–H and O–H groups in total. The monoisotopic (exact) mass is 426 g/mol. The highest BCUT2D eigenvalue weighted by Gasteiger charge is 2.49. The molecule has 0 unspecified atom stereocenters. The lowest BCUT2D eigenvalue weighted by atomic mass is 10.0. The SMILES string of the molecule is Cc1ccc(C(F)(F)F)cc1Nc1nc(C(=O)NSN2CCCCC23CC3)co1. The molecule has 2 aromatic rings. The first-order chi connectivity index (χ1) is 13.8. The average Bonchev–Trinajstić information content (AvgIpc) is 3.28. The number of hydrogen-bond acceptors (Lipinski definition) is 6. The fraction of sp³-hybridized carbons (Fsp3) is 0.474. The van der Waals surface area contributed by atoms with Crippen molar-refractivity contribution in [2.75, 3.05) is 11.9 Å². The maximum atomic E-state index is 12.9. The van der Waals surface area contributed by atoms with Gasteiger partial charge in [-0.3, -0.25) is 9.52 Å². The van der Waals surface area contributed by atoms with Crippen molar-refractivity contribution in [1.29, 1.82) is 0 Å². The quantitative estimate of drug-likeness (QED) is 0.652. The summed E-state index contributed by atoms with van der Waals surface area (Å²) in [4.78, 5) is 16.4. The van der Waals surface area contributed by atoms with Gasteiger partial charge in [-0.25, -0.2) is 4.31 Å². The van der Waals surface area contributed by atoms with Crippen LogP contribution in [0.15, 0.2) is 28.9 Å². The van der Waals surface area contributed by atoms with Crippen LogP contribution in [0.4, 0.5) is 24.9 Å². The molecule has 2 heterocycles. The Balaban J connectivity index is 1.39. The molecular formula is C19H21F3N4O2S. The molecular weight excluding hydrogens is 405 g/mol. The Bertz CT molecular complexity index is 911. The molecule has 1 aromatic carbocycles. The number of oxazole rings is 1. The largest absolute Gasteiger partial charge is 0.431 e. The number of nitrogens with one attached hydrogen (secondary N) is 2. The van der Waals surface area contributed by atoms with Crippen LogP contribution in [0.1, 0.15) is 53.7 Å². The molecule has 1 aliphatic heterocycles. The summed E-state index contributed by atoms with van der Waals surface area (Å²) in [5.41, 5.74) is 0.325. The maximum absolute atomic E-state index is 12.9. The van der Waals surface area contributed by atoms with Crippen molar-refractivity contribution in [2.45, 2.75) is 50.7 Å². The fourth-order valence-corrected chi connectivity index (χ4v) is 4.48. The number of anilines is 2. The highest BCUT2D eigenvalue weighted by molar-refractivity contribution is 7.95. The smallest absolute Gasteiger partial charge is 0.416 e. The molecule has 1 saturated carbocycles. The van der Waals surface area contributed by atoms with Crippen molar-refractivity contribution in [3.8, 4) is 0 Å². The van der Waals surface area contributed by atoms with Crippen molar-refractivity contribution in [3.63, 3.8) is 0 Å². The minimum atomic E-state index is -4.45. The van der Waals surface area contributed by atoms with E-state index in [4.69, 9.17) is 4.42 Å². The van der Waals surface area contributed by atoms with Crippen LogP contribution >= 0.6 is 12.1 Å². The summed E-state index contributed by atoms with van der Waals surface area (Å²) in [6.45, 7) is 2.60. The number of aromatic nitrogens is 1. The lowest BCUT2D eigenvalue weighted by Gasteiger charge is -2.34. The summed E-state index contributed by atoms with van der Waals surface area (Å²) >= 11 is 1.30. The molecule has 156 valence electrons. The molecule has 29 heavy (non-hydrogen) atoms. The van der Waals surface area contributed by atoms with Crippen LogP contribution in [0.3, 0.4) is 0 Å². The third-order valence-electron chi connectivity index (χ3n) is 5.40. The second-order valence-corrected chi connectivity index (χ2v) is 8.32. The van der Waals surface area contributed by atoms with E-state index in [9.17, 15) is 18.0 Å². The molecule has 1 saturated heterocycles. The Morgan fingerprint density at radius 3 is 2.79 bits per heavy atom. The number of halogens is 3. The molecule has 1 aromatic heterocycles. The molecule has 1 spiro atoms. The number of carbonyl (C=O) groups is 1. The van der Waals surface area contributed by atoms with Crippen molar-refractivity contribution in [1.82, 2.24) is 14.0 Å². The van der Waals surface area contributed by atoms with E-state index in [2.05, 4.69) is 19.3 Å². The lowest BCUT2D eigenvalue weighted by molar-refractivity contribution is -0.137. The van der Waals surface area contributed by atoms with E-state index in [1.165, 1.54) is 30.9 Å². The maximum Gasteiger partial charge on any atom is 0.416 e. The first-order valence-corrected chi connectivity index (χ1v) is 10.2. The summed E-state index contributed by atoms with van der Waals surface area (Å²) in [6.07, 6.45) is 2.54. The van der Waals surface area contributed by atoms with Crippen LogP contribution in [0.25, 0.3) is 0 Å². The van der Waals surface area contributed by atoms with Gasteiger partial charge in [-0.1, -0.05) is 12.5 Å². The second-order valence-electron chi connectivity index (χ2n) is 7.50. The number of piperidine rings is 1. The van der Waals surface area contributed by atoms with Crippen LogP contribution < -0.4 is 10.0 Å². The number of rotatable bonds is 5. The van der Waals surface area contributed by atoms with E-state index in [0.29, 0.717) is 5.56 Å². The third kappa shape index (κ3) is 4.37. The van der Waals surface area contributed by atoms with Gasteiger partial charge < -0.3 is 9.73 Å². The van der Waals surface area contributed by atoms with E-state index in [1.807, 2.05) is 0 Å². The van der Waals surface area contributed by atoms with E-state index < -0.39 is 17.6 Å². The summed E-state index contributed by atoms with van der Waals surface area (Å²) in [5, 5.41) is 2.71. The predicted molar refractivity (Wildman–Crippen MR) is 104 cm³/mol. The number of benzene rings is 1. The van der Waals surface area contributed by atoms with Gasteiger partial charge in [0, 0.05) is 29.9 Å². The van der Waals surface area contributed by atoms with Gasteiger partial charge in [0.15, 0.2) is 5.69 Å². The zero-order chi connectivity index (χ0) is 20.6. The molecule has 6 nitrogen and oxygen atoms in total. The van der Waals surface area contributed by atoms with Crippen LogP contribution in [0.2, 0.25) is 0 Å². The van der Waals surface area contributed by atoms with E-state index in [1.54, 1.807) is 6.92 Å². The van der Waals surface area contributed by atoms with E-state index in [-0.39, 0.29) is 22.9 Å². The number of aryl methyl sites for hydroxylation is 1. The predicted octanol–water partition coefficient (Wildman–Crippen LogP) is 5.06. The van der Waals surface area contributed by atoms with Crippen LogP contribution in [0.5, 0.6) is 0 Å². The minimum absolute atomic E-state index is 0.0424. The zero-order valence-corrected chi connectivity index (χ0v) is 16.6. The van der Waals surface area contributed by atoms with E-state index in [0.717, 1.165) is 44.4 Å². The molecule has 2 fully saturated rings. The van der Waals surface area contributed by atoms with Crippen LogP contribution in [-0.4, -0.2) is 27.3 Å². The van der Waals surface area contributed by atoms with Gasteiger partial charge in [-0.05, 0) is 50.3 Å². The molecule has 0 bridgehead atoms. The number of alkyl halides is 3. The van der Waals surface area contributed by atoms with Gasteiger partial charge in [-0.2, -0.15) is 18.2 Å². The Morgan fingerprint density at radius 2 is 2.07 bits per heavy atom. The van der Waals surface area contributed by atoms with Gasteiger partial charge in [0.1, 0.15) is 6.26 Å². The summed E-state index contributed by atoms with van der Waals surface area (Å²) in [6, 6.07) is 3.32. The summed E-state index contributed by atoms with van der Waals surface area (Å²) in [7, 11) is 0. The van der Waals surface area contributed by atoms with Crippen molar-refractivity contribution < 1.29 is 22.4 Å². The van der Waals surface area contributed by atoms with Gasteiger partial charge in [0.05, 0.1) is 5.56 Å². The minimum Gasteiger partial charge on any atom is -0.431 e. The van der Waals surface area contributed by atoms with E-state index >= 15 is 0 Å². The van der Waals surface area contributed by atoms with Gasteiger partial charge in [0.25, 0.3) is 11.9 Å². The average molecular weight is 426 g/mol. The molecule has 10 heteroatoms. The summed E-state index contributed by atoms with van der Waals surface area (Å²) < 4.78 is 49.0. The number of hydrogen-bond donors (Lipinski definition) is 2. The Morgan fingerprint density at radius 1 is 1.28 bits per heavy atom. The number of amides is 1. The molecule has 4 rings (SSSR count). The number of nitrogens with zero attached hydrogens (tertiary/aromatic N) is 2. The highest BCUT2D eigenvalue weighted by atomic mass is 32.2. The van der Waals surface area contributed by atoms with Crippen LogP contribution in [0, 0.1) is 6.92 Å². The molecule has 1 amide bonds. The standard InChI is InChI=1S/C19H21F3N4O2S/c1-12-4-5-13(19(20,21)22)10-14(12)23-17-24-15(11-28-17)16(27)25-29-26-9-3-2-6-18(26)7-8-18/h4-5,10-11H,2-3,6-9H2,1H3,(H,23,24)(H,25,27). The molecule has 0 atom stereocenters. The van der Waals surface area contributed by atoms with Crippen molar-refractivity contribution in [3.05, 3.63) is 41.3 Å². The first-order valence-electron chi connectivity index (χ1n) is 9.42. The topological polar surface area (TPSA) is 70.4 Å². The van der Waals surface area contributed by atoms with Gasteiger partial charge >= 0.3 is 6.18 Å². The normalized spacial score (nSPS) is 18.6. The zero-order valence-electron chi connectivity index (χ0n) is 15.8. The third-order valence-corrected chi connectivity index (χ3v) is 6.47. The second kappa shape index (κ2) is 7.56. The fourth-order valence-electron chi connectivity index (χ4n) is 3.49. The van der Waals surface area contributed by atoms with Crippen LogP contribution in [-0.2, 0) is 6.18 Å². The van der Waals surface area contributed by atoms with Gasteiger partial charge in [0.2, 0.25) is 0 Å². The van der Waals surface area contributed by atoms with Crippen molar-refractivity contribution in [2.24, 2.45) is 0 Å². The Labute approximate surface area is 170 Å². The summed E-state index contributed by atoms with van der Waals surface area (Å²) in [5.74, 6) is -0.408. The Kier molecular flexibility index (Phi) is 5.24. The molecule has 2 aliphatic rings. The molecule has 0 radical (unpaired) electrons.